The van der Waals surface area contributed by atoms with Crippen LogP contribution in [0.5, 0.6) is 5.75 Å². The third-order valence-electron chi connectivity index (χ3n) is 6.14. The number of hydrogen-bond donors (Lipinski definition) is 0. The normalized spacial score (nSPS) is 19.0. The lowest BCUT2D eigenvalue weighted by atomic mass is 9.89. The molecule has 168 valence electrons. The third-order valence-corrected chi connectivity index (χ3v) is 6.14. The van der Waals surface area contributed by atoms with E-state index in [4.69, 9.17) is 4.74 Å². The van der Waals surface area contributed by atoms with Gasteiger partial charge in [0.2, 0.25) is 0 Å². The van der Waals surface area contributed by atoms with Gasteiger partial charge in [0, 0.05) is 35.3 Å². The number of halogens is 4. The summed E-state index contributed by atoms with van der Waals surface area (Å²) in [7, 11) is 1.31. The van der Waals surface area contributed by atoms with Gasteiger partial charge >= 0.3 is 0 Å². The van der Waals surface area contributed by atoms with Crippen molar-refractivity contribution < 1.29 is 31.9 Å². The van der Waals surface area contributed by atoms with Gasteiger partial charge in [0.15, 0.2) is 34.7 Å². The van der Waals surface area contributed by atoms with Crippen LogP contribution in [0.25, 0.3) is 0 Å². The second-order valence-electron chi connectivity index (χ2n) is 7.73. The molecular weight excluding hydrogens is 440 g/mol. The number of ether oxygens (including phenoxy) is 1. The number of amides is 2. The SMILES string of the molecule is COc1ccc(C23c4ccccc4C(=O)N2CCN3C(=O)c2cc(F)c(F)c(F)c2)cc1F. The molecule has 1 fully saturated rings. The van der Waals surface area contributed by atoms with Crippen molar-refractivity contribution in [1.82, 2.24) is 9.80 Å². The van der Waals surface area contributed by atoms with Crippen LogP contribution in [0.3, 0.4) is 0 Å². The van der Waals surface area contributed by atoms with Crippen LogP contribution in [0.4, 0.5) is 17.6 Å². The van der Waals surface area contributed by atoms with E-state index in [2.05, 4.69) is 0 Å². The Morgan fingerprint density at radius 2 is 1.64 bits per heavy atom. The molecule has 0 bridgehead atoms. The topological polar surface area (TPSA) is 49.9 Å². The monoisotopic (exact) mass is 456 g/mol. The van der Waals surface area contributed by atoms with E-state index in [-0.39, 0.29) is 30.3 Å². The predicted octanol–water partition coefficient (Wildman–Crippen LogP) is 4.06. The number of benzene rings is 3. The quantitative estimate of drug-likeness (QED) is 0.441. The van der Waals surface area contributed by atoms with Crippen LogP contribution in [0.1, 0.15) is 31.8 Å². The molecule has 5 nitrogen and oxygen atoms in total. The molecule has 1 unspecified atom stereocenters. The Balaban J connectivity index is 1.75. The van der Waals surface area contributed by atoms with E-state index >= 15 is 0 Å². The Bertz CT molecular complexity index is 1310. The van der Waals surface area contributed by atoms with Crippen LogP contribution < -0.4 is 4.74 Å². The maximum Gasteiger partial charge on any atom is 0.256 e. The summed E-state index contributed by atoms with van der Waals surface area (Å²) in [5, 5.41) is 0. The lowest BCUT2D eigenvalue weighted by Crippen LogP contribution is -2.51. The van der Waals surface area contributed by atoms with Gasteiger partial charge in [-0.3, -0.25) is 9.59 Å². The van der Waals surface area contributed by atoms with Crippen LogP contribution in [-0.2, 0) is 5.66 Å². The minimum Gasteiger partial charge on any atom is -0.494 e. The molecule has 0 saturated carbocycles. The number of hydrogen-bond acceptors (Lipinski definition) is 3. The average Bonchev–Trinajstić information content (AvgIpc) is 3.32. The summed E-state index contributed by atoms with van der Waals surface area (Å²) in [4.78, 5) is 29.4. The molecule has 2 aliphatic rings. The first kappa shape index (κ1) is 21.0. The largest absolute Gasteiger partial charge is 0.494 e. The lowest BCUT2D eigenvalue weighted by Gasteiger charge is -2.40. The molecule has 3 aromatic carbocycles. The van der Waals surface area contributed by atoms with Crippen molar-refractivity contribution in [1.29, 1.82) is 0 Å². The smallest absolute Gasteiger partial charge is 0.256 e. The van der Waals surface area contributed by atoms with Crippen molar-refractivity contribution in [2.45, 2.75) is 5.66 Å². The molecule has 3 aromatic rings. The van der Waals surface area contributed by atoms with E-state index < -0.39 is 40.4 Å². The van der Waals surface area contributed by atoms with Crippen molar-refractivity contribution in [2.75, 3.05) is 20.2 Å². The van der Waals surface area contributed by atoms with Crippen LogP contribution in [0, 0.1) is 23.3 Å². The van der Waals surface area contributed by atoms with E-state index in [1.807, 2.05) is 0 Å². The first-order chi connectivity index (χ1) is 15.8. The van der Waals surface area contributed by atoms with E-state index in [0.29, 0.717) is 23.3 Å². The molecule has 0 aromatic heterocycles. The lowest BCUT2D eigenvalue weighted by molar-refractivity contribution is 0.0373. The highest BCUT2D eigenvalue weighted by atomic mass is 19.2. The van der Waals surface area contributed by atoms with Crippen LogP contribution in [-0.4, -0.2) is 41.8 Å². The summed E-state index contributed by atoms with van der Waals surface area (Å²) in [6, 6.07) is 11.9. The van der Waals surface area contributed by atoms with Crippen LogP contribution >= 0.6 is 0 Å². The molecule has 0 radical (unpaired) electrons. The molecule has 2 aliphatic heterocycles. The van der Waals surface area contributed by atoms with Gasteiger partial charge in [-0.1, -0.05) is 24.3 Å². The molecule has 33 heavy (non-hydrogen) atoms. The summed E-state index contributed by atoms with van der Waals surface area (Å²) >= 11 is 0. The minimum atomic E-state index is -1.69. The van der Waals surface area contributed by atoms with Gasteiger partial charge in [0.1, 0.15) is 0 Å². The van der Waals surface area contributed by atoms with Gasteiger partial charge in [0.05, 0.1) is 7.11 Å². The maximum atomic E-state index is 14.8. The Morgan fingerprint density at radius 1 is 0.939 bits per heavy atom. The van der Waals surface area contributed by atoms with Crippen molar-refractivity contribution in [2.24, 2.45) is 0 Å². The molecule has 1 saturated heterocycles. The van der Waals surface area contributed by atoms with Gasteiger partial charge < -0.3 is 14.5 Å². The van der Waals surface area contributed by atoms with Crippen molar-refractivity contribution in [3.05, 3.63) is 100 Å². The summed E-state index contributed by atoms with van der Waals surface area (Å²) < 4.78 is 61.0. The Hall–Kier alpha value is -3.88. The standard InChI is InChI=1S/C24H16F4N2O3/c1-33-20-7-6-14(12-17(20)25)24-16-5-3-2-4-15(16)23(32)30(24)9-8-29(24)22(31)13-10-18(26)21(28)19(27)11-13/h2-7,10-12H,8-9H2,1H3. The molecule has 0 N–H and O–H groups in total. The highest BCUT2D eigenvalue weighted by Crippen LogP contribution is 2.50. The Kier molecular flexibility index (Phi) is 4.66. The first-order valence-electron chi connectivity index (χ1n) is 10.0. The second kappa shape index (κ2) is 7.33. The highest BCUT2D eigenvalue weighted by Gasteiger charge is 2.59. The average molecular weight is 456 g/mol. The molecule has 2 heterocycles. The Morgan fingerprint density at radius 3 is 2.30 bits per heavy atom. The first-order valence-corrected chi connectivity index (χ1v) is 10.0. The Labute approximate surface area is 185 Å². The number of fused-ring (bicyclic) bond motifs is 3. The number of rotatable bonds is 3. The van der Waals surface area contributed by atoms with Gasteiger partial charge in [-0.2, -0.15) is 0 Å². The fourth-order valence-corrected chi connectivity index (χ4v) is 4.76. The molecule has 0 spiro atoms. The maximum absolute atomic E-state index is 14.8. The highest BCUT2D eigenvalue weighted by molar-refractivity contribution is 6.03. The summed E-state index contributed by atoms with van der Waals surface area (Å²) in [6.45, 7) is 0.103. The number of carbonyl (C=O) groups is 2. The molecule has 0 aliphatic carbocycles. The van der Waals surface area contributed by atoms with Gasteiger partial charge in [-0.05, 0) is 30.3 Å². The van der Waals surface area contributed by atoms with Crippen LogP contribution in [0.2, 0.25) is 0 Å². The van der Waals surface area contributed by atoms with E-state index in [1.165, 1.54) is 35.1 Å². The zero-order valence-electron chi connectivity index (χ0n) is 17.2. The van der Waals surface area contributed by atoms with E-state index in [9.17, 15) is 27.2 Å². The van der Waals surface area contributed by atoms with Crippen molar-refractivity contribution in [3.63, 3.8) is 0 Å². The number of carbonyl (C=O) groups excluding carboxylic acids is 2. The molecule has 5 rings (SSSR count). The minimum absolute atomic E-state index is 0.00711. The molecular formula is C24H16F4N2O3. The fraction of sp³-hybridized carbons (Fsp3) is 0.167. The summed E-state index contributed by atoms with van der Waals surface area (Å²) in [5.41, 5.74) is -0.984. The van der Waals surface area contributed by atoms with Crippen molar-refractivity contribution >= 4 is 11.8 Å². The number of methoxy groups -OCH3 is 1. The van der Waals surface area contributed by atoms with Gasteiger partial charge in [0.25, 0.3) is 11.8 Å². The number of nitrogens with zero attached hydrogens (tertiary/aromatic N) is 2. The second-order valence-corrected chi connectivity index (χ2v) is 7.73. The summed E-state index contributed by atoms with van der Waals surface area (Å²) in [5.74, 6) is -6.66. The van der Waals surface area contributed by atoms with Gasteiger partial charge in [-0.25, -0.2) is 17.6 Å². The summed E-state index contributed by atoms with van der Waals surface area (Å²) in [6.07, 6.45) is 0. The molecule has 9 heteroatoms. The van der Waals surface area contributed by atoms with E-state index in [1.54, 1.807) is 24.3 Å². The zero-order valence-corrected chi connectivity index (χ0v) is 17.2. The van der Waals surface area contributed by atoms with E-state index in [0.717, 1.165) is 0 Å². The predicted molar refractivity (Wildman–Crippen MR) is 109 cm³/mol. The third kappa shape index (κ3) is 2.78. The van der Waals surface area contributed by atoms with Crippen LogP contribution in [0.15, 0.2) is 54.6 Å². The van der Waals surface area contributed by atoms with Crippen molar-refractivity contribution in [3.8, 4) is 5.75 Å². The fourth-order valence-electron chi connectivity index (χ4n) is 4.76. The molecule has 1 atom stereocenters. The molecule has 2 amide bonds. The van der Waals surface area contributed by atoms with Gasteiger partial charge in [-0.15, -0.1) is 0 Å². The zero-order chi connectivity index (χ0) is 23.5.